The van der Waals surface area contributed by atoms with E-state index < -0.39 is 0 Å². The van der Waals surface area contributed by atoms with Crippen LogP contribution in [0.4, 0.5) is 22.7 Å². The molecule has 0 fully saturated rings. The number of para-hydroxylation sites is 1. The minimum atomic E-state index is -0.316. The summed E-state index contributed by atoms with van der Waals surface area (Å²) in [5.41, 5.74) is 8.33. The number of thiocarbonyl (C=S) groups is 1. The molecule has 1 aromatic heterocycles. The predicted octanol–water partition coefficient (Wildman–Crippen LogP) is 7.28. The molecule has 3 N–H and O–H groups in total. The maximum Gasteiger partial charge on any atom is 0.291 e. The Kier molecular flexibility index (Phi) is 7.65. The molecule has 1 amide bonds. The molecule has 4 aromatic rings. The molecule has 1 aliphatic rings. The van der Waals surface area contributed by atoms with Gasteiger partial charge < -0.3 is 15.1 Å². The number of azo groups is 1. The van der Waals surface area contributed by atoms with Crippen molar-refractivity contribution in [2.75, 3.05) is 10.6 Å². The summed E-state index contributed by atoms with van der Waals surface area (Å²) in [4.78, 5) is 13.1. The van der Waals surface area contributed by atoms with Gasteiger partial charge in [-0.1, -0.05) is 36.4 Å². The maximum absolute atomic E-state index is 13.1. The molecule has 0 saturated carbocycles. The Morgan fingerprint density at radius 1 is 0.816 bits per heavy atom. The summed E-state index contributed by atoms with van der Waals surface area (Å²) in [7, 11) is 0. The molecule has 9 heteroatoms. The van der Waals surface area contributed by atoms with Crippen LogP contribution in [0.1, 0.15) is 40.3 Å². The van der Waals surface area contributed by atoms with Crippen molar-refractivity contribution in [3.8, 4) is 0 Å². The van der Waals surface area contributed by atoms with Gasteiger partial charge >= 0.3 is 0 Å². The molecule has 8 nitrogen and oxygen atoms in total. The van der Waals surface area contributed by atoms with Crippen molar-refractivity contribution in [1.29, 1.82) is 0 Å². The molecule has 0 unspecified atom stereocenters. The van der Waals surface area contributed by atoms with Gasteiger partial charge in [0.25, 0.3) is 5.91 Å². The number of fused-ring (bicyclic) bond motifs is 1. The first-order valence-corrected chi connectivity index (χ1v) is 12.7. The number of hydrogen-bond donors (Lipinski definition) is 3. The van der Waals surface area contributed by atoms with E-state index in [1.807, 2.05) is 67.6 Å². The highest BCUT2D eigenvalue weighted by atomic mass is 32.1. The van der Waals surface area contributed by atoms with Crippen molar-refractivity contribution >= 4 is 51.7 Å². The van der Waals surface area contributed by atoms with Crippen LogP contribution in [0.2, 0.25) is 0 Å². The second-order valence-corrected chi connectivity index (χ2v) is 9.14. The number of hydrazone groups is 1. The molecule has 0 atom stereocenters. The standard InChI is InChI=1S/C29H26N6O2S/c1-19-26-24(34-35-29(38)31-20-9-4-2-5-10-20)13-8-14-25(26)37-27(19)28(36)30-21-15-17-23(18-16-21)33-32-22-11-6-3-7-12-22/h2-7,9-12,15-18H,8,13-14H2,1H3,(H,30,36)(H2,31,35,38). The van der Waals surface area contributed by atoms with Gasteiger partial charge in [0.2, 0.25) is 0 Å². The lowest BCUT2D eigenvalue weighted by molar-refractivity contribution is 0.0994. The number of rotatable bonds is 6. The molecule has 0 radical (unpaired) electrons. The van der Waals surface area contributed by atoms with Crippen LogP contribution >= 0.6 is 12.2 Å². The zero-order valence-corrected chi connectivity index (χ0v) is 21.6. The minimum absolute atomic E-state index is 0.280. The summed E-state index contributed by atoms with van der Waals surface area (Å²) in [6.45, 7) is 1.88. The number of amides is 1. The van der Waals surface area contributed by atoms with Crippen LogP contribution in [0.25, 0.3) is 0 Å². The zero-order valence-electron chi connectivity index (χ0n) is 20.8. The average molecular weight is 523 g/mol. The molecule has 38 heavy (non-hydrogen) atoms. The molecule has 0 aliphatic heterocycles. The topological polar surface area (TPSA) is 103 Å². The van der Waals surface area contributed by atoms with Gasteiger partial charge in [0, 0.05) is 28.9 Å². The maximum atomic E-state index is 13.1. The van der Waals surface area contributed by atoms with Crippen LogP contribution < -0.4 is 16.1 Å². The van der Waals surface area contributed by atoms with Gasteiger partial charge in [0.1, 0.15) is 5.76 Å². The Hall–Kier alpha value is -4.63. The largest absolute Gasteiger partial charge is 0.455 e. The molecule has 1 heterocycles. The normalized spacial score (nSPS) is 13.8. The van der Waals surface area contributed by atoms with Crippen molar-refractivity contribution in [3.63, 3.8) is 0 Å². The van der Waals surface area contributed by atoms with E-state index in [1.165, 1.54) is 0 Å². The molecular formula is C29H26N6O2S. The van der Waals surface area contributed by atoms with Gasteiger partial charge in [0.15, 0.2) is 10.9 Å². The second-order valence-electron chi connectivity index (χ2n) is 8.73. The number of carbonyl (C=O) groups excluding carboxylic acids is 1. The molecule has 3 aromatic carbocycles. The van der Waals surface area contributed by atoms with Crippen LogP contribution in [-0.4, -0.2) is 16.7 Å². The van der Waals surface area contributed by atoms with Crippen LogP contribution in [0.5, 0.6) is 0 Å². The van der Waals surface area contributed by atoms with Crippen molar-refractivity contribution < 1.29 is 9.21 Å². The van der Waals surface area contributed by atoms with Gasteiger partial charge in [0.05, 0.1) is 17.1 Å². The Bertz CT molecular complexity index is 1500. The van der Waals surface area contributed by atoms with Gasteiger partial charge in [-0.3, -0.25) is 10.2 Å². The summed E-state index contributed by atoms with van der Waals surface area (Å²) in [6.07, 6.45) is 2.38. The van der Waals surface area contributed by atoms with Crippen LogP contribution in [0, 0.1) is 6.92 Å². The van der Waals surface area contributed by atoms with E-state index in [9.17, 15) is 4.79 Å². The fourth-order valence-corrected chi connectivity index (χ4v) is 4.37. The average Bonchev–Trinajstić information content (AvgIpc) is 3.30. The molecule has 0 spiro atoms. The summed E-state index contributed by atoms with van der Waals surface area (Å²) in [5.74, 6) is 0.727. The molecule has 5 rings (SSSR count). The third-order valence-corrected chi connectivity index (χ3v) is 6.21. The van der Waals surface area contributed by atoms with E-state index in [0.717, 1.165) is 53.2 Å². The monoisotopic (exact) mass is 522 g/mol. The van der Waals surface area contributed by atoms with E-state index >= 15 is 0 Å². The summed E-state index contributed by atoms with van der Waals surface area (Å²) >= 11 is 5.38. The summed E-state index contributed by atoms with van der Waals surface area (Å²) in [5, 5.41) is 19.4. The zero-order chi connectivity index (χ0) is 26.3. The minimum Gasteiger partial charge on any atom is -0.455 e. The van der Waals surface area contributed by atoms with Gasteiger partial charge in [-0.25, -0.2) is 0 Å². The van der Waals surface area contributed by atoms with E-state index in [0.29, 0.717) is 16.5 Å². The summed E-state index contributed by atoms with van der Waals surface area (Å²) < 4.78 is 6.01. The third kappa shape index (κ3) is 6.01. The van der Waals surface area contributed by atoms with Gasteiger partial charge in [-0.2, -0.15) is 15.3 Å². The molecule has 0 bridgehead atoms. The molecule has 0 saturated heterocycles. The first kappa shape index (κ1) is 25.0. The van der Waals surface area contributed by atoms with E-state index in [2.05, 4.69) is 31.4 Å². The van der Waals surface area contributed by atoms with E-state index in [4.69, 9.17) is 16.6 Å². The Balaban J connectivity index is 1.26. The first-order valence-electron chi connectivity index (χ1n) is 12.3. The van der Waals surface area contributed by atoms with Gasteiger partial charge in [-0.15, -0.1) is 0 Å². The fraction of sp³-hybridized carbons (Fsp3) is 0.138. The van der Waals surface area contributed by atoms with Gasteiger partial charge in [-0.05, 0) is 80.5 Å². The van der Waals surface area contributed by atoms with E-state index in [-0.39, 0.29) is 11.7 Å². The van der Waals surface area contributed by atoms with Crippen molar-refractivity contribution in [2.45, 2.75) is 26.2 Å². The highest BCUT2D eigenvalue weighted by Crippen LogP contribution is 2.30. The van der Waals surface area contributed by atoms with Crippen LogP contribution in [0.15, 0.2) is 105 Å². The van der Waals surface area contributed by atoms with Crippen LogP contribution in [-0.2, 0) is 6.42 Å². The fourth-order valence-electron chi connectivity index (χ4n) is 4.20. The number of hydrogen-bond acceptors (Lipinski definition) is 6. The number of furan rings is 1. The first-order chi connectivity index (χ1) is 18.6. The Labute approximate surface area is 225 Å². The number of aryl methyl sites for hydroxylation is 1. The summed E-state index contributed by atoms with van der Waals surface area (Å²) in [6, 6.07) is 26.3. The SMILES string of the molecule is Cc1c(C(=O)Nc2ccc(N=Nc3ccccc3)cc2)oc2c1C(=NNC(=S)Nc1ccccc1)CCC2. The lowest BCUT2D eigenvalue weighted by Crippen LogP contribution is -2.26. The third-order valence-electron chi connectivity index (χ3n) is 6.02. The highest BCUT2D eigenvalue weighted by molar-refractivity contribution is 7.80. The molecule has 190 valence electrons. The smallest absolute Gasteiger partial charge is 0.291 e. The lowest BCUT2D eigenvalue weighted by Gasteiger charge is -2.14. The highest BCUT2D eigenvalue weighted by Gasteiger charge is 2.28. The number of benzene rings is 3. The van der Waals surface area contributed by atoms with Crippen LogP contribution in [0.3, 0.4) is 0 Å². The number of nitrogens with one attached hydrogen (secondary N) is 3. The lowest BCUT2D eigenvalue weighted by atomic mass is 9.93. The number of carbonyl (C=O) groups is 1. The molecular weight excluding hydrogens is 496 g/mol. The quantitative estimate of drug-likeness (QED) is 0.140. The van der Waals surface area contributed by atoms with Crippen molar-refractivity contribution in [1.82, 2.24) is 5.43 Å². The predicted molar refractivity (Wildman–Crippen MR) is 154 cm³/mol. The number of anilines is 2. The Morgan fingerprint density at radius 2 is 1.45 bits per heavy atom. The molecule has 1 aliphatic carbocycles. The van der Waals surface area contributed by atoms with Crippen molar-refractivity contribution in [2.24, 2.45) is 15.3 Å². The number of nitrogens with zero attached hydrogens (tertiary/aromatic N) is 3. The Morgan fingerprint density at radius 3 is 2.16 bits per heavy atom. The van der Waals surface area contributed by atoms with Crippen molar-refractivity contribution in [3.05, 3.63) is 108 Å². The van der Waals surface area contributed by atoms with E-state index in [1.54, 1.807) is 24.3 Å². The second kappa shape index (κ2) is 11.6.